The Hall–Kier alpha value is -1.55. The van der Waals surface area contributed by atoms with Gasteiger partial charge in [0.1, 0.15) is 5.76 Å². The van der Waals surface area contributed by atoms with E-state index in [1.54, 1.807) is 6.26 Å². The molecular formula is C17H25N3O. The predicted molar refractivity (Wildman–Crippen MR) is 83.3 cm³/mol. The molecule has 2 heterocycles. The Morgan fingerprint density at radius 3 is 2.90 bits per heavy atom. The number of furan rings is 1. The zero-order valence-electron chi connectivity index (χ0n) is 13.3. The molecule has 2 aromatic rings. The van der Waals surface area contributed by atoms with Crippen LogP contribution in [-0.2, 0) is 25.9 Å². The number of fused-ring (bicyclic) bond motifs is 1. The second-order valence-corrected chi connectivity index (χ2v) is 6.95. The van der Waals surface area contributed by atoms with Crippen LogP contribution in [0.5, 0.6) is 0 Å². The predicted octanol–water partition coefficient (Wildman–Crippen LogP) is 3.29. The minimum Gasteiger partial charge on any atom is -0.467 e. The molecule has 0 fully saturated rings. The summed E-state index contributed by atoms with van der Waals surface area (Å²) in [5.74, 6) is 1.04. The summed E-state index contributed by atoms with van der Waals surface area (Å²) >= 11 is 0. The highest BCUT2D eigenvalue weighted by molar-refractivity contribution is 5.21. The van der Waals surface area contributed by atoms with Crippen LogP contribution in [0.1, 0.15) is 56.3 Å². The van der Waals surface area contributed by atoms with Gasteiger partial charge in [0.05, 0.1) is 24.8 Å². The molecule has 4 nitrogen and oxygen atoms in total. The molecule has 1 aliphatic rings. The summed E-state index contributed by atoms with van der Waals surface area (Å²) in [7, 11) is 0. The Morgan fingerprint density at radius 1 is 1.29 bits per heavy atom. The van der Waals surface area contributed by atoms with E-state index in [-0.39, 0.29) is 5.54 Å². The molecule has 0 amide bonds. The number of aromatic nitrogens is 2. The number of hydrogen-bond donors (Lipinski definition) is 1. The fourth-order valence-corrected chi connectivity index (χ4v) is 2.85. The molecule has 0 bridgehead atoms. The van der Waals surface area contributed by atoms with Crippen LogP contribution in [0.3, 0.4) is 0 Å². The van der Waals surface area contributed by atoms with E-state index in [1.165, 1.54) is 29.8 Å². The van der Waals surface area contributed by atoms with Gasteiger partial charge in [0.2, 0.25) is 0 Å². The monoisotopic (exact) mass is 287 g/mol. The second kappa shape index (κ2) is 5.68. The normalized spacial score (nSPS) is 15.2. The summed E-state index contributed by atoms with van der Waals surface area (Å²) in [6.07, 6.45) is 8.57. The average Bonchev–Trinajstić information content (AvgIpc) is 3.04. The van der Waals surface area contributed by atoms with Gasteiger partial charge in [0.15, 0.2) is 0 Å². The summed E-state index contributed by atoms with van der Waals surface area (Å²) in [6.45, 7) is 8.17. The lowest BCUT2D eigenvalue weighted by molar-refractivity contribution is 0.417. The Labute approximate surface area is 126 Å². The first-order chi connectivity index (χ1) is 10.0. The van der Waals surface area contributed by atoms with Crippen LogP contribution >= 0.6 is 0 Å². The molecular weight excluding hydrogens is 262 g/mol. The number of nitrogens with one attached hydrogen (secondary N) is 1. The fourth-order valence-electron chi connectivity index (χ4n) is 2.85. The highest BCUT2D eigenvalue weighted by Gasteiger charge is 2.17. The maximum absolute atomic E-state index is 5.71. The van der Waals surface area contributed by atoms with E-state index in [0.717, 1.165) is 31.7 Å². The first-order valence-electron chi connectivity index (χ1n) is 7.86. The largest absolute Gasteiger partial charge is 0.467 e. The van der Waals surface area contributed by atoms with Crippen LogP contribution in [0.2, 0.25) is 0 Å². The van der Waals surface area contributed by atoms with Gasteiger partial charge in [-0.1, -0.05) is 0 Å². The molecule has 2 aromatic heterocycles. The van der Waals surface area contributed by atoms with E-state index in [9.17, 15) is 0 Å². The second-order valence-electron chi connectivity index (χ2n) is 6.95. The standard InChI is InChI=1S/C17H25N3O/c1-17(2,3)19-10-13-8-9-21-16(13)11-20-12-18-14-6-4-5-7-15(14)20/h8-9,12,19H,4-7,10-11H2,1-3H3. The molecule has 0 saturated carbocycles. The number of imidazole rings is 1. The molecule has 21 heavy (non-hydrogen) atoms. The molecule has 0 atom stereocenters. The van der Waals surface area contributed by atoms with E-state index in [2.05, 4.69) is 41.7 Å². The third-order valence-corrected chi connectivity index (χ3v) is 4.07. The van der Waals surface area contributed by atoms with Gasteiger partial charge in [0, 0.05) is 23.3 Å². The third-order valence-electron chi connectivity index (χ3n) is 4.07. The van der Waals surface area contributed by atoms with Crippen molar-refractivity contribution in [2.45, 2.75) is 65.1 Å². The smallest absolute Gasteiger partial charge is 0.127 e. The molecule has 1 N–H and O–H groups in total. The van der Waals surface area contributed by atoms with Crippen LogP contribution < -0.4 is 5.32 Å². The van der Waals surface area contributed by atoms with Crippen molar-refractivity contribution in [2.24, 2.45) is 0 Å². The highest BCUT2D eigenvalue weighted by atomic mass is 16.3. The SMILES string of the molecule is CC(C)(C)NCc1ccoc1Cn1cnc2c1CCCC2. The fraction of sp³-hybridized carbons (Fsp3) is 0.588. The van der Waals surface area contributed by atoms with E-state index >= 15 is 0 Å². The Morgan fingerprint density at radius 2 is 2.10 bits per heavy atom. The zero-order chi connectivity index (χ0) is 14.9. The molecule has 0 aromatic carbocycles. The Bertz CT molecular complexity index is 604. The van der Waals surface area contributed by atoms with Gasteiger partial charge < -0.3 is 14.3 Å². The lowest BCUT2D eigenvalue weighted by Crippen LogP contribution is -2.35. The lowest BCUT2D eigenvalue weighted by atomic mass is 10.0. The number of nitrogens with zero attached hydrogens (tertiary/aromatic N) is 2. The number of rotatable bonds is 4. The molecule has 3 rings (SSSR count). The summed E-state index contributed by atoms with van der Waals surface area (Å²) < 4.78 is 7.96. The van der Waals surface area contributed by atoms with Gasteiger partial charge in [-0.25, -0.2) is 4.98 Å². The van der Waals surface area contributed by atoms with Gasteiger partial charge in [0.25, 0.3) is 0 Å². The molecule has 114 valence electrons. The zero-order valence-corrected chi connectivity index (χ0v) is 13.3. The van der Waals surface area contributed by atoms with Crippen molar-refractivity contribution in [1.82, 2.24) is 14.9 Å². The van der Waals surface area contributed by atoms with Crippen molar-refractivity contribution in [1.29, 1.82) is 0 Å². The first-order valence-corrected chi connectivity index (χ1v) is 7.86. The topological polar surface area (TPSA) is 43.0 Å². The molecule has 0 spiro atoms. The molecule has 0 radical (unpaired) electrons. The lowest BCUT2D eigenvalue weighted by Gasteiger charge is -2.20. The van der Waals surface area contributed by atoms with Gasteiger partial charge in [-0.05, 0) is 52.5 Å². The summed E-state index contributed by atoms with van der Waals surface area (Å²) in [4.78, 5) is 4.56. The molecule has 0 unspecified atom stereocenters. The highest BCUT2D eigenvalue weighted by Crippen LogP contribution is 2.22. The van der Waals surface area contributed by atoms with Crippen molar-refractivity contribution in [3.05, 3.63) is 41.4 Å². The minimum atomic E-state index is 0.114. The van der Waals surface area contributed by atoms with E-state index in [0.29, 0.717) is 0 Å². The van der Waals surface area contributed by atoms with Crippen LogP contribution in [0.15, 0.2) is 23.1 Å². The maximum Gasteiger partial charge on any atom is 0.127 e. The summed E-state index contributed by atoms with van der Waals surface area (Å²) in [6, 6.07) is 2.07. The Kier molecular flexibility index (Phi) is 3.89. The minimum absolute atomic E-state index is 0.114. The maximum atomic E-state index is 5.71. The van der Waals surface area contributed by atoms with Crippen molar-refractivity contribution in [3.8, 4) is 0 Å². The van der Waals surface area contributed by atoms with Crippen molar-refractivity contribution < 1.29 is 4.42 Å². The first kappa shape index (κ1) is 14.4. The van der Waals surface area contributed by atoms with E-state index < -0.39 is 0 Å². The van der Waals surface area contributed by atoms with Crippen LogP contribution in [0.25, 0.3) is 0 Å². The van der Waals surface area contributed by atoms with Gasteiger partial charge in [-0.3, -0.25) is 0 Å². The Balaban J connectivity index is 1.74. The quantitative estimate of drug-likeness (QED) is 0.938. The third kappa shape index (κ3) is 3.38. The molecule has 4 heteroatoms. The van der Waals surface area contributed by atoms with Crippen LogP contribution in [0.4, 0.5) is 0 Å². The molecule has 0 aliphatic heterocycles. The summed E-state index contributed by atoms with van der Waals surface area (Å²) in [5.41, 5.74) is 4.03. The molecule has 0 saturated heterocycles. The van der Waals surface area contributed by atoms with Gasteiger partial charge in [-0.15, -0.1) is 0 Å². The van der Waals surface area contributed by atoms with Gasteiger partial charge in [-0.2, -0.15) is 0 Å². The number of hydrogen-bond acceptors (Lipinski definition) is 3. The van der Waals surface area contributed by atoms with Crippen molar-refractivity contribution >= 4 is 0 Å². The van der Waals surface area contributed by atoms with Gasteiger partial charge >= 0.3 is 0 Å². The summed E-state index contributed by atoms with van der Waals surface area (Å²) in [5, 5.41) is 3.52. The van der Waals surface area contributed by atoms with Crippen LogP contribution in [0, 0.1) is 0 Å². The number of aryl methyl sites for hydroxylation is 1. The van der Waals surface area contributed by atoms with Crippen LogP contribution in [-0.4, -0.2) is 15.1 Å². The van der Waals surface area contributed by atoms with Crippen molar-refractivity contribution in [3.63, 3.8) is 0 Å². The van der Waals surface area contributed by atoms with E-state index in [1.807, 2.05) is 6.33 Å². The average molecular weight is 287 g/mol. The van der Waals surface area contributed by atoms with E-state index in [4.69, 9.17) is 4.42 Å². The van der Waals surface area contributed by atoms with Crippen molar-refractivity contribution in [2.75, 3.05) is 0 Å². The molecule has 1 aliphatic carbocycles.